The molecule has 1 aromatic carbocycles. The molecule has 0 bridgehead atoms. The van der Waals surface area contributed by atoms with Gasteiger partial charge in [-0.25, -0.2) is 4.98 Å². The maximum atomic E-state index is 12.3. The third-order valence-electron chi connectivity index (χ3n) is 4.61. The number of nitrogens with zero attached hydrogens (tertiary/aromatic N) is 2. The van der Waals surface area contributed by atoms with Crippen molar-refractivity contribution in [1.29, 1.82) is 5.26 Å². The fourth-order valence-electron chi connectivity index (χ4n) is 3.36. The van der Waals surface area contributed by atoms with Crippen molar-refractivity contribution >= 4 is 5.78 Å². The molecular formula is C21H22N2O2. The zero-order valence-electron chi connectivity index (χ0n) is 14.7. The number of nitriles is 1. The number of benzene rings is 1. The Balaban J connectivity index is 1.92. The van der Waals surface area contributed by atoms with E-state index in [0.717, 1.165) is 36.9 Å². The average molecular weight is 334 g/mol. The van der Waals surface area contributed by atoms with Gasteiger partial charge in [-0.15, -0.1) is 0 Å². The van der Waals surface area contributed by atoms with E-state index in [0.29, 0.717) is 17.0 Å². The first kappa shape index (κ1) is 17.2. The Hall–Kier alpha value is -2.67. The molecule has 0 atom stereocenters. The highest BCUT2D eigenvalue weighted by Gasteiger charge is 2.24. The molecule has 1 aromatic heterocycles. The molecule has 0 radical (unpaired) electrons. The molecular weight excluding hydrogens is 312 g/mol. The molecule has 0 saturated heterocycles. The Labute approximate surface area is 148 Å². The predicted molar refractivity (Wildman–Crippen MR) is 96.0 cm³/mol. The number of hydrogen-bond acceptors (Lipinski definition) is 4. The number of hydrogen-bond donors (Lipinski definition) is 0. The van der Waals surface area contributed by atoms with E-state index >= 15 is 0 Å². The number of fused-ring (bicyclic) bond motifs is 1. The maximum Gasteiger partial charge on any atom is 0.232 e. The summed E-state index contributed by atoms with van der Waals surface area (Å²) < 4.78 is 5.72. The van der Waals surface area contributed by atoms with Crippen molar-refractivity contribution in [2.24, 2.45) is 0 Å². The van der Waals surface area contributed by atoms with Crippen molar-refractivity contribution in [1.82, 2.24) is 4.98 Å². The smallest absolute Gasteiger partial charge is 0.232 e. The average Bonchev–Trinajstić information content (AvgIpc) is 2.65. The third kappa shape index (κ3) is 3.56. The van der Waals surface area contributed by atoms with E-state index in [1.165, 1.54) is 5.56 Å². The molecule has 1 heterocycles. The van der Waals surface area contributed by atoms with E-state index in [-0.39, 0.29) is 18.3 Å². The van der Waals surface area contributed by atoms with Crippen LogP contribution in [0.25, 0.3) is 0 Å². The minimum absolute atomic E-state index is 0.109. The lowest BCUT2D eigenvalue weighted by Crippen LogP contribution is -2.17. The third-order valence-corrected chi connectivity index (χ3v) is 4.61. The topological polar surface area (TPSA) is 63.0 Å². The largest absolute Gasteiger partial charge is 0.468 e. The highest BCUT2D eigenvalue weighted by molar-refractivity contribution is 5.97. The first-order chi connectivity index (χ1) is 12.1. The summed E-state index contributed by atoms with van der Waals surface area (Å²) in [6.07, 6.45) is 4.05. The number of carbonyl (C=O) groups excluding carboxylic acids is 1. The molecule has 4 heteroatoms. The number of ketones is 1. The van der Waals surface area contributed by atoms with E-state index in [9.17, 15) is 10.1 Å². The lowest BCUT2D eigenvalue weighted by molar-refractivity contribution is 0.0917. The van der Waals surface area contributed by atoms with Gasteiger partial charge in [0.15, 0.2) is 12.4 Å². The van der Waals surface area contributed by atoms with Gasteiger partial charge in [0.25, 0.3) is 0 Å². The SMILES string of the molecule is CC(C)c1nc(OCC(=O)c2ccccc2)c(C#N)c2c1CCCC2. The second-order valence-electron chi connectivity index (χ2n) is 6.69. The molecule has 0 aliphatic heterocycles. The van der Waals surface area contributed by atoms with Crippen molar-refractivity contribution in [3.63, 3.8) is 0 Å². The van der Waals surface area contributed by atoms with Gasteiger partial charge < -0.3 is 4.74 Å². The van der Waals surface area contributed by atoms with Gasteiger partial charge in [-0.05, 0) is 42.7 Å². The molecule has 25 heavy (non-hydrogen) atoms. The number of carbonyl (C=O) groups is 1. The minimum atomic E-state index is -0.116. The Morgan fingerprint density at radius 1 is 1.20 bits per heavy atom. The van der Waals surface area contributed by atoms with Crippen LogP contribution >= 0.6 is 0 Å². The number of ether oxygens (including phenoxy) is 1. The lowest BCUT2D eigenvalue weighted by Gasteiger charge is -2.23. The van der Waals surface area contributed by atoms with Crippen molar-refractivity contribution < 1.29 is 9.53 Å². The van der Waals surface area contributed by atoms with E-state index in [4.69, 9.17) is 4.74 Å². The fourth-order valence-corrected chi connectivity index (χ4v) is 3.36. The second kappa shape index (κ2) is 7.48. The van der Waals surface area contributed by atoms with Crippen LogP contribution in [0.3, 0.4) is 0 Å². The van der Waals surface area contributed by atoms with E-state index in [1.54, 1.807) is 12.1 Å². The molecule has 0 fully saturated rings. The molecule has 0 amide bonds. The summed E-state index contributed by atoms with van der Waals surface area (Å²) >= 11 is 0. The standard InChI is InChI=1S/C21H22N2O2/c1-14(2)20-17-11-7-6-10-16(17)18(12-22)21(23-20)25-13-19(24)15-8-4-3-5-9-15/h3-5,8-9,14H,6-7,10-11,13H2,1-2H3. The van der Waals surface area contributed by atoms with E-state index in [2.05, 4.69) is 24.9 Å². The number of rotatable bonds is 5. The van der Waals surface area contributed by atoms with Crippen LogP contribution < -0.4 is 4.74 Å². The van der Waals surface area contributed by atoms with Crippen LogP contribution in [0.15, 0.2) is 30.3 Å². The van der Waals surface area contributed by atoms with Gasteiger partial charge in [0.1, 0.15) is 11.6 Å². The van der Waals surface area contributed by atoms with Crippen LogP contribution in [0.1, 0.15) is 65.3 Å². The van der Waals surface area contributed by atoms with Gasteiger partial charge in [0.2, 0.25) is 5.88 Å². The van der Waals surface area contributed by atoms with Gasteiger partial charge in [-0.3, -0.25) is 4.79 Å². The van der Waals surface area contributed by atoms with Crippen LogP contribution in [0, 0.1) is 11.3 Å². The summed E-state index contributed by atoms with van der Waals surface area (Å²) in [5, 5.41) is 9.63. The number of pyridine rings is 1. The summed E-state index contributed by atoms with van der Waals surface area (Å²) in [6, 6.07) is 11.3. The Kier molecular flexibility index (Phi) is 5.14. The molecule has 0 saturated carbocycles. The Morgan fingerprint density at radius 2 is 1.88 bits per heavy atom. The zero-order chi connectivity index (χ0) is 17.8. The van der Waals surface area contributed by atoms with Gasteiger partial charge in [-0.2, -0.15) is 5.26 Å². The van der Waals surface area contributed by atoms with E-state index in [1.807, 2.05) is 18.2 Å². The molecule has 0 N–H and O–H groups in total. The van der Waals surface area contributed by atoms with Crippen LogP contribution in [0.2, 0.25) is 0 Å². The van der Waals surface area contributed by atoms with Gasteiger partial charge >= 0.3 is 0 Å². The highest BCUT2D eigenvalue weighted by Crippen LogP contribution is 2.34. The maximum absolute atomic E-state index is 12.3. The Morgan fingerprint density at radius 3 is 2.52 bits per heavy atom. The van der Waals surface area contributed by atoms with Crippen molar-refractivity contribution in [3.8, 4) is 11.9 Å². The predicted octanol–water partition coefficient (Wildman–Crippen LogP) is 4.22. The van der Waals surface area contributed by atoms with Crippen molar-refractivity contribution in [2.75, 3.05) is 6.61 Å². The highest BCUT2D eigenvalue weighted by atomic mass is 16.5. The molecule has 128 valence electrons. The van der Waals surface area contributed by atoms with Gasteiger partial charge in [0.05, 0.1) is 5.69 Å². The first-order valence-electron chi connectivity index (χ1n) is 8.78. The molecule has 2 aromatic rings. The first-order valence-corrected chi connectivity index (χ1v) is 8.78. The Bertz CT molecular complexity index is 820. The summed E-state index contributed by atoms with van der Waals surface area (Å²) in [5.41, 5.74) is 4.37. The van der Waals surface area contributed by atoms with Crippen LogP contribution in [0.5, 0.6) is 5.88 Å². The molecule has 1 aliphatic rings. The molecule has 1 aliphatic carbocycles. The monoisotopic (exact) mass is 334 g/mol. The van der Waals surface area contributed by atoms with Gasteiger partial charge in [0, 0.05) is 5.56 Å². The number of aromatic nitrogens is 1. The van der Waals surface area contributed by atoms with Crippen molar-refractivity contribution in [3.05, 3.63) is 58.3 Å². The summed E-state index contributed by atoms with van der Waals surface area (Å²) in [4.78, 5) is 16.9. The zero-order valence-corrected chi connectivity index (χ0v) is 14.7. The van der Waals surface area contributed by atoms with Crippen LogP contribution in [-0.4, -0.2) is 17.4 Å². The molecule has 3 rings (SSSR count). The van der Waals surface area contributed by atoms with Crippen LogP contribution in [0.4, 0.5) is 0 Å². The summed E-state index contributed by atoms with van der Waals surface area (Å²) in [5.74, 6) is 0.443. The molecule has 0 spiro atoms. The number of Topliss-reactive ketones (excluding diaryl/α,β-unsaturated/α-hetero) is 1. The summed E-state index contributed by atoms with van der Waals surface area (Å²) in [7, 11) is 0. The van der Waals surface area contributed by atoms with Crippen LogP contribution in [-0.2, 0) is 12.8 Å². The molecule has 0 unspecified atom stereocenters. The van der Waals surface area contributed by atoms with E-state index < -0.39 is 0 Å². The normalized spacial score (nSPS) is 13.2. The second-order valence-corrected chi connectivity index (χ2v) is 6.69. The summed E-state index contributed by atoms with van der Waals surface area (Å²) in [6.45, 7) is 4.09. The fraction of sp³-hybridized carbons (Fsp3) is 0.381. The minimum Gasteiger partial charge on any atom is -0.468 e. The quantitative estimate of drug-likeness (QED) is 0.768. The lowest BCUT2D eigenvalue weighted by atomic mass is 9.85. The molecule has 4 nitrogen and oxygen atoms in total. The van der Waals surface area contributed by atoms with Crippen molar-refractivity contribution in [2.45, 2.75) is 45.4 Å². The van der Waals surface area contributed by atoms with Gasteiger partial charge in [-0.1, -0.05) is 44.2 Å².